The van der Waals surface area contributed by atoms with Crippen LogP contribution in [-0.2, 0) is 9.53 Å². The van der Waals surface area contributed by atoms with Crippen LogP contribution in [0.4, 0.5) is 11.4 Å². The number of methoxy groups -OCH3 is 1. The Balaban J connectivity index is 1.62. The lowest BCUT2D eigenvalue weighted by Gasteiger charge is -2.10. The van der Waals surface area contributed by atoms with Crippen LogP contribution in [0.3, 0.4) is 0 Å². The summed E-state index contributed by atoms with van der Waals surface area (Å²) in [5, 5.41) is 14.1. The first kappa shape index (κ1) is 17.9. The first-order chi connectivity index (χ1) is 13.0. The maximum absolute atomic E-state index is 12.1. The predicted molar refractivity (Wildman–Crippen MR) is 96.9 cm³/mol. The number of fused-ring (bicyclic) bond motifs is 1. The van der Waals surface area contributed by atoms with E-state index in [0.717, 1.165) is 10.9 Å². The van der Waals surface area contributed by atoms with Crippen molar-refractivity contribution in [2.75, 3.05) is 19.0 Å². The molecule has 27 heavy (non-hydrogen) atoms. The third-order valence-corrected chi connectivity index (χ3v) is 3.75. The number of nitro benzene ring substituents is 1. The van der Waals surface area contributed by atoms with Gasteiger partial charge in [-0.15, -0.1) is 0 Å². The Hall–Kier alpha value is -3.88. The van der Waals surface area contributed by atoms with Crippen LogP contribution in [0.1, 0.15) is 10.5 Å². The largest absolute Gasteiger partial charge is 0.494 e. The van der Waals surface area contributed by atoms with Crippen LogP contribution < -0.4 is 10.1 Å². The molecule has 0 atom stereocenters. The van der Waals surface area contributed by atoms with E-state index in [4.69, 9.17) is 9.47 Å². The maximum Gasteiger partial charge on any atom is 0.355 e. The number of para-hydroxylation sites is 1. The van der Waals surface area contributed by atoms with Gasteiger partial charge in [-0.3, -0.25) is 14.9 Å². The molecule has 3 aromatic rings. The minimum atomic E-state index is -0.669. The second-order valence-corrected chi connectivity index (χ2v) is 5.54. The van der Waals surface area contributed by atoms with E-state index in [2.05, 4.69) is 10.3 Å². The smallest absolute Gasteiger partial charge is 0.355 e. The second-order valence-electron chi connectivity index (χ2n) is 5.54. The van der Waals surface area contributed by atoms with Gasteiger partial charge in [-0.25, -0.2) is 4.79 Å². The second kappa shape index (κ2) is 7.56. The number of anilines is 1. The van der Waals surface area contributed by atoms with E-state index < -0.39 is 23.4 Å². The van der Waals surface area contributed by atoms with Crippen molar-refractivity contribution in [1.29, 1.82) is 0 Å². The fourth-order valence-corrected chi connectivity index (χ4v) is 2.48. The van der Waals surface area contributed by atoms with Crippen LogP contribution in [-0.4, -0.2) is 35.5 Å². The van der Waals surface area contributed by atoms with E-state index in [0.29, 0.717) is 0 Å². The summed E-state index contributed by atoms with van der Waals surface area (Å²) in [5.41, 5.74) is 1.08. The molecule has 0 aliphatic carbocycles. The molecule has 9 heteroatoms. The number of nitro groups is 1. The van der Waals surface area contributed by atoms with E-state index in [1.807, 2.05) is 24.3 Å². The highest BCUT2D eigenvalue weighted by Crippen LogP contribution is 2.28. The molecule has 2 N–H and O–H groups in total. The number of non-ortho nitro benzene ring substituents is 1. The number of carbonyl (C=O) groups excluding carboxylic acids is 2. The number of benzene rings is 2. The van der Waals surface area contributed by atoms with Gasteiger partial charge in [0.2, 0.25) is 0 Å². The molecule has 1 amide bonds. The minimum Gasteiger partial charge on any atom is -0.494 e. The van der Waals surface area contributed by atoms with Crippen LogP contribution in [0, 0.1) is 10.1 Å². The average Bonchev–Trinajstić information content (AvgIpc) is 3.10. The number of H-pyrrole nitrogens is 1. The Morgan fingerprint density at radius 3 is 2.67 bits per heavy atom. The molecule has 0 radical (unpaired) electrons. The summed E-state index contributed by atoms with van der Waals surface area (Å²) < 4.78 is 10.0. The molecule has 1 heterocycles. The molecule has 138 valence electrons. The molecule has 0 bridgehead atoms. The number of aromatic amines is 1. The van der Waals surface area contributed by atoms with Crippen LogP contribution >= 0.6 is 0 Å². The van der Waals surface area contributed by atoms with Crippen molar-refractivity contribution < 1.29 is 24.0 Å². The minimum absolute atomic E-state index is 0.125. The topological polar surface area (TPSA) is 124 Å². The molecule has 0 saturated heterocycles. The number of hydrogen-bond donors (Lipinski definition) is 2. The van der Waals surface area contributed by atoms with Gasteiger partial charge in [0.25, 0.3) is 11.6 Å². The molecule has 3 rings (SSSR count). The summed E-state index contributed by atoms with van der Waals surface area (Å²) in [5.74, 6) is -1.15. The molecule has 9 nitrogen and oxygen atoms in total. The average molecular weight is 369 g/mol. The fourth-order valence-electron chi connectivity index (χ4n) is 2.48. The Morgan fingerprint density at radius 2 is 1.96 bits per heavy atom. The number of esters is 1. The number of amides is 1. The Kier molecular flexibility index (Phi) is 5.02. The van der Waals surface area contributed by atoms with Gasteiger partial charge in [0.1, 0.15) is 11.4 Å². The van der Waals surface area contributed by atoms with Crippen LogP contribution in [0.25, 0.3) is 10.9 Å². The molecule has 0 spiro atoms. The van der Waals surface area contributed by atoms with Crippen molar-refractivity contribution in [1.82, 2.24) is 4.98 Å². The highest BCUT2D eigenvalue weighted by Gasteiger charge is 2.16. The van der Waals surface area contributed by atoms with E-state index in [-0.39, 0.29) is 22.8 Å². The summed E-state index contributed by atoms with van der Waals surface area (Å²) >= 11 is 0. The molecule has 0 aliphatic heterocycles. The van der Waals surface area contributed by atoms with Gasteiger partial charge >= 0.3 is 5.97 Å². The summed E-state index contributed by atoms with van der Waals surface area (Å²) in [6, 6.07) is 12.7. The number of nitrogens with one attached hydrogen (secondary N) is 2. The van der Waals surface area contributed by atoms with Crippen LogP contribution in [0.5, 0.6) is 5.75 Å². The van der Waals surface area contributed by atoms with Gasteiger partial charge in [-0.05, 0) is 18.2 Å². The van der Waals surface area contributed by atoms with Gasteiger partial charge in [0, 0.05) is 17.0 Å². The predicted octanol–water partition coefficient (Wildman–Crippen LogP) is 2.88. The zero-order valence-electron chi connectivity index (χ0n) is 14.2. The van der Waals surface area contributed by atoms with Crippen molar-refractivity contribution in [3.05, 3.63) is 64.3 Å². The quantitative estimate of drug-likeness (QED) is 0.391. The SMILES string of the molecule is COc1cc([N+](=O)[O-])ccc1NC(=O)COC(=O)c1cc2ccccc2[nH]1. The van der Waals surface area contributed by atoms with Gasteiger partial charge in [-0.2, -0.15) is 0 Å². The Labute approximate surface area is 153 Å². The van der Waals surface area contributed by atoms with Crippen molar-refractivity contribution in [2.45, 2.75) is 0 Å². The van der Waals surface area contributed by atoms with Gasteiger partial charge in [0.05, 0.1) is 23.8 Å². The van der Waals surface area contributed by atoms with Crippen molar-refractivity contribution in [3.8, 4) is 5.75 Å². The molecule has 1 aromatic heterocycles. The number of carbonyl (C=O) groups is 2. The third-order valence-electron chi connectivity index (χ3n) is 3.75. The molecule has 0 fully saturated rings. The Morgan fingerprint density at radius 1 is 1.19 bits per heavy atom. The summed E-state index contributed by atoms with van der Waals surface area (Å²) in [4.78, 5) is 37.2. The van der Waals surface area contributed by atoms with Crippen molar-refractivity contribution in [2.24, 2.45) is 0 Å². The lowest BCUT2D eigenvalue weighted by atomic mass is 10.2. The molecular weight excluding hydrogens is 354 g/mol. The first-order valence-electron chi connectivity index (χ1n) is 7.85. The third kappa shape index (κ3) is 4.03. The number of ether oxygens (including phenoxy) is 2. The number of nitrogens with zero attached hydrogens (tertiary/aromatic N) is 1. The van der Waals surface area contributed by atoms with Gasteiger partial charge in [0.15, 0.2) is 6.61 Å². The molecule has 0 saturated carbocycles. The standard InChI is InChI=1S/C18H15N3O6/c1-26-16-9-12(21(24)25)6-7-14(16)20-17(22)10-27-18(23)15-8-11-4-2-3-5-13(11)19-15/h2-9,19H,10H2,1H3,(H,20,22). The molecular formula is C18H15N3O6. The number of rotatable bonds is 6. The van der Waals surface area contributed by atoms with Gasteiger partial charge in [-0.1, -0.05) is 18.2 Å². The lowest BCUT2D eigenvalue weighted by Crippen LogP contribution is -2.21. The van der Waals surface area contributed by atoms with Crippen molar-refractivity contribution in [3.63, 3.8) is 0 Å². The summed E-state index contributed by atoms with van der Waals surface area (Å²) in [6.07, 6.45) is 0. The number of aromatic nitrogens is 1. The molecule has 0 unspecified atom stereocenters. The zero-order chi connectivity index (χ0) is 19.4. The van der Waals surface area contributed by atoms with Crippen LogP contribution in [0.15, 0.2) is 48.5 Å². The lowest BCUT2D eigenvalue weighted by molar-refractivity contribution is -0.384. The van der Waals surface area contributed by atoms with Gasteiger partial charge < -0.3 is 19.8 Å². The summed E-state index contributed by atoms with van der Waals surface area (Å²) in [7, 11) is 1.32. The fraction of sp³-hybridized carbons (Fsp3) is 0.111. The van der Waals surface area contributed by atoms with Crippen molar-refractivity contribution >= 4 is 34.2 Å². The highest BCUT2D eigenvalue weighted by molar-refractivity contribution is 5.98. The normalized spacial score (nSPS) is 10.4. The maximum atomic E-state index is 12.1. The molecule has 0 aliphatic rings. The van der Waals surface area contributed by atoms with E-state index in [9.17, 15) is 19.7 Å². The monoisotopic (exact) mass is 369 g/mol. The van der Waals surface area contributed by atoms with E-state index >= 15 is 0 Å². The first-order valence-corrected chi connectivity index (χ1v) is 7.85. The van der Waals surface area contributed by atoms with E-state index in [1.165, 1.54) is 25.3 Å². The highest BCUT2D eigenvalue weighted by atomic mass is 16.6. The molecule has 2 aromatic carbocycles. The van der Waals surface area contributed by atoms with Crippen LogP contribution in [0.2, 0.25) is 0 Å². The zero-order valence-corrected chi connectivity index (χ0v) is 14.2. The summed E-state index contributed by atoms with van der Waals surface area (Å²) in [6.45, 7) is -0.520. The Bertz CT molecular complexity index is 994. The number of hydrogen-bond acceptors (Lipinski definition) is 6. The van der Waals surface area contributed by atoms with E-state index in [1.54, 1.807) is 6.07 Å².